The molecule has 0 bridgehead atoms. The van der Waals surface area contributed by atoms with Crippen LogP contribution in [0.15, 0.2) is 259 Å². The highest BCUT2D eigenvalue weighted by molar-refractivity contribution is 7.19. The van der Waals surface area contributed by atoms with Crippen LogP contribution < -0.4 is 20.7 Å². The van der Waals surface area contributed by atoms with Gasteiger partial charge in [0, 0.05) is 38.2 Å². The lowest BCUT2D eigenvalue weighted by atomic mass is 9.98. The first-order chi connectivity index (χ1) is 34.2. The van der Waals surface area contributed by atoms with Crippen molar-refractivity contribution in [3.05, 3.63) is 255 Å². The quantitative estimate of drug-likeness (QED) is 0.107. The Balaban J connectivity index is 0.993. The van der Waals surface area contributed by atoms with Gasteiger partial charge in [-0.2, -0.15) is 0 Å². The van der Waals surface area contributed by atoms with Crippen molar-refractivity contribution in [1.29, 1.82) is 0 Å². The molecule has 0 aliphatic heterocycles. The third-order valence-electron chi connectivity index (χ3n) is 13.7. The SMILES string of the molecule is c1ccc([Si](c2ccccc2)(c2ccccc2)c2ccc(-c3nc(-c4ccc(-c5cccc6oc7ccccc7c56)cc4)nc(-c4ccccc4-n4c5ccccc5c5ccccc54)n3)cc2)cc1. The number of hydrogen-bond donors (Lipinski definition) is 0. The van der Waals surface area contributed by atoms with Gasteiger partial charge in [0.15, 0.2) is 25.5 Å². The highest BCUT2D eigenvalue weighted by atomic mass is 28.3. The second-order valence-corrected chi connectivity index (χ2v) is 21.3. The molecule has 0 radical (unpaired) electrons. The summed E-state index contributed by atoms with van der Waals surface area (Å²) in [5, 5.41) is 9.84. The summed E-state index contributed by atoms with van der Waals surface area (Å²) in [4.78, 5) is 16.0. The molecule has 0 fully saturated rings. The Hall–Kier alpha value is -8.97. The number of nitrogens with zero attached hydrogens (tertiary/aromatic N) is 4. The van der Waals surface area contributed by atoms with E-state index in [-0.39, 0.29) is 0 Å². The first-order valence-electron chi connectivity index (χ1n) is 23.3. The van der Waals surface area contributed by atoms with Gasteiger partial charge in [-0.1, -0.05) is 218 Å². The molecule has 0 saturated carbocycles. The highest BCUT2D eigenvalue weighted by Gasteiger charge is 2.41. The van der Waals surface area contributed by atoms with Crippen molar-refractivity contribution < 1.29 is 4.42 Å². The number of fused-ring (bicyclic) bond motifs is 6. The number of rotatable bonds is 9. The van der Waals surface area contributed by atoms with E-state index in [0.29, 0.717) is 17.5 Å². The predicted octanol–water partition coefficient (Wildman–Crippen LogP) is 12.9. The Morgan fingerprint density at radius 2 is 0.725 bits per heavy atom. The van der Waals surface area contributed by atoms with Crippen LogP contribution in [-0.2, 0) is 0 Å². The molecule has 0 saturated heterocycles. The topological polar surface area (TPSA) is 56.7 Å². The van der Waals surface area contributed by atoms with Gasteiger partial charge in [0.2, 0.25) is 0 Å². The van der Waals surface area contributed by atoms with Gasteiger partial charge in [0.1, 0.15) is 11.2 Å². The predicted molar refractivity (Wildman–Crippen MR) is 287 cm³/mol. The number of benzene rings is 10. The van der Waals surface area contributed by atoms with E-state index in [1.807, 2.05) is 18.2 Å². The van der Waals surface area contributed by atoms with Crippen LogP contribution in [0, 0.1) is 0 Å². The molecule has 6 heteroatoms. The van der Waals surface area contributed by atoms with Crippen LogP contribution in [0.4, 0.5) is 0 Å². The van der Waals surface area contributed by atoms with Crippen LogP contribution >= 0.6 is 0 Å². The number of para-hydroxylation sites is 4. The molecule has 3 heterocycles. The van der Waals surface area contributed by atoms with Crippen molar-refractivity contribution in [2.24, 2.45) is 0 Å². The molecule has 13 aromatic rings. The summed E-state index contributed by atoms with van der Waals surface area (Å²) in [7, 11) is -2.76. The van der Waals surface area contributed by atoms with Crippen molar-refractivity contribution in [1.82, 2.24) is 19.5 Å². The van der Waals surface area contributed by atoms with E-state index in [4.69, 9.17) is 19.4 Å². The van der Waals surface area contributed by atoms with E-state index in [1.165, 1.54) is 31.5 Å². The average molecular weight is 899 g/mol. The fourth-order valence-corrected chi connectivity index (χ4v) is 15.3. The second-order valence-electron chi connectivity index (χ2n) is 17.5. The highest BCUT2D eigenvalue weighted by Crippen LogP contribution is 2.39. The Morgan fingerprint density at radius 3 is 1.32 bits per heavy atom. The van der Waals surface area contributed by atoms with Gasteiger partial charge in [0.25, 0.3) is 0 Å². The summed E-state index contributed by atoms with van der Waals surface area (Å²) < 4.78 is 8.61. The summed E-state index contributed by atoms with van der Waals surface area (Å²) in [6.07, 6.45) is 0. The Bertz CT molecular complexity index is 3850. The Kier molecular flexibility index (Phi) is 9.77. The van der Waals surface area contributed by atoms with Crippen LogP contribution in [-0.4, -0.2) is 27.6 Å². The van der Waals surface area contributed by atoms with Crippen molar-refractivity contribution in [3.63, 3.8) is 0 Å². The molecule has 324 valence electrons. The smallest absolute Gasteiger partial charge is 0.179 e. The molecule has 13 rings (SSSR count). The molecule has 0 atom stereocenters. The molecule has 0 aliphatic carbocycles. The molecular weight excluding hydrogens is 857 g/mol. The lowest BCUT2D eigenvalue weighted by molar-refractivity contribution is 0.669. The van der Waals surface area contributed by atoms with Crippen LogP contribution in [0.25, 0.3) is 94.7 Å². The van der Waals surface area contributed by atoms with E-state index in [1.54, 1.807) is 0 Å². The largest absolute Gasteiger partial charge is 0.456 e. The minimum Gasteiger partial charge on any atom is -0.456 e. The first-order valence-corrected chi connectivity index (χ1v) is 25.3. The van der Waals surface area contributed by atoms with Crippen molar-refractivity contribution >= 4 is 72.6 Å². The average Bonchev–Trinajstić information content (AvgIpc) is 3.98. The summed E-state index contributed by atoms with van der Waals surface area (Å²) in [6.45, 7) is 0. The number of hydrogen-bond acceptors (Lipinski definition) is 4. The lowest BCUT2D eigenvalue weighted by Crippen LogP contribution is -2.74. The monoisotopic (exact) mass is 898 g/mol. The van der Waals surface area contributed by atoms with E-state index in [0.717, 1.165) is 66.5 Å². The molecule has 0 unspecified atom stereocenters. The zero-order valence-electron chi connectivity index (χ0n) is 37.4. The maximum atomic E-state index is 6.27. The minimum atomic E-state index is -2.76. The van der Waals surface area contributed by atoms with Crippen LogP contribution in [0.2, 0.25) is 0 Å². The van der Waals surface area contributed by atoms with Gasteiger partial charge < -0.3 is 8.98 Å². The summed E-state index contributed by atoms with van der Waals surface area (Å²) in [6, 6.07) is 90.8. The Labute approximate surface area is 400 Å². The Morgan fingerprint density at radius 1 is 0.304 bits per heavy atom. The number of aromatic nitrogens is 4. The molecule has 0 amide bonds. The zero-order valence-corrected chi connectivity index (χ0v) is 38.4. The van der Waals surface area contributed by atoms with E-state index in [9.17, 15) is 0 Å². The standard InChI is InChI=1S/C63H42N4OSi/c1-4-19-46(20-5-1)69(47-21-6-2-7-22-47,48-23-8-3-9-24-48)49-41-39-45(40-42-49)62-64-61(44-37-35-43(36-38-44)50-29-18-34-59-60(50)54-28-13-17-33-58(54)68-59)65-63(66-62)53-27-12-16-32-57(53)67-55-30-14-10-25-51(55)52-26-11-15-31-56(52)67/h1-42H. The van der Waals surface area contributed by atoms with Gasteiger partial charge in [0.05, 0.1) is 16.7 Å². The minimum absolute atomic E-state index is 0.594. The van der Waals surface area contributed by atoms with Gasteiger partial charge in [-0.3, -0.25) is 0 Å². The third kappa shape index (κ3) is 6.72. The van der Waals surface area contributed by atoms with E-state index >= 15 is 0 Å². The summed E-state index contributed by atoms with van der Waals surface area (Å²) in [5.41, 5.74) is 9.89. The summed E-state index contributed by atoms with van der Waals surface area (Å²) in [5.74, 6) is 1.79. The van der Waals surface area contributed by atoms with Crippen LogP contribution in [0.3, 0.4) is 0 Å². The van der Waals surface area contributed by atoms with Crippen LogP contribution in [0.5, 0.6) is 0 Å². The molecule has 69 heavy (non-hydrogen) atoms. The fourth-order valence-electron chi connectivity index (χ4n) is 10.5. The lowest BCUT2D eigenvalue weighted by Gasteiger charge is -2.34. The normalized spacial score (nSPS) is 11.8. The van der Waals surface area contributed by atoms with Crippen LogP contribution in [0.1, 0.15) is 0 Å². The molecule has 0 spiro atoms. The van der Waals surface area contributed by atoms with Gasteiger partial charge >= 0.3 is 0 Å². The molecule has 5 nitrogen and oxygen atoms in total. The molecular formula is C63H42N4OSi. The zero-order chi connectivity index (χ0) is 45.7. The maximum absolute atomic E-state index is 6.27. The molecule has 3 aromatic heterocycles. The maximum Gasteiger partial charge on any atom is 0.179 e. The van der Waals surface area contributed by atoms with Gasteiger partial charge in [-0.25, -0.2) is 15.0 Å². The fraction of sp³-hybridized carbons (Fsp3) is 0. The third-order valence-corrected chi connectivity index (χ3v) is 18.5. The van der Waals surface area contributed by atoms with Crippen molar-refractivity contribution in [3.8, 4) is 51.0 Å². The molecule has 0 aliphatic rings. The first kappa shape index (κ1) is 40.3. The van der Waals surface area contributed by atoms with Crippen molar-refractivity contribution in [2.45, 2.75) is 0 Å². The van der Waals surface area contributed by atoms with Crippen molar-refractivity contribution in [2.75, 3.05) is 0 Å². The van der Waals surface area contributed by atoms with Gasteiger partial charge in [-0.15, -0.1) is 0 Å². The number of furan rings is 1. The van der Waals surface area contributed by atoms with E-state index in [2.05, 4.69) is 241 Å². The summed E-state index contributed by atoms with van der Waals surface area (Å²) >= 11 is 0. The molecule has 10 aromatic carbocycles. The van der Waals surface area contributed by atoms with E-state index < -0.39 is 8.07 Å². The second kappa shape index (κ2) is 16.7. The van der Waals surface area contributed by atoms with Gasteiger partial charge in [-0.05, 0) is 68.3 Å². The molecule has 0 N–H and O–H groups in total.